The van der Waals surface area contributed by atoms with Crippen LogP contribution in [0.4, 0.5) is 5.69 Å². The van der Waals surface area contributed by atoms with Gasteiger partial charge in [0.1, 0.15) is 4.88 Å². The molecule has 1 heterocycles. The maximum absolute atomic E-state index is 12.8. The molecule has 0 aliphatic heterocycles. The van der Waals surface area contributed by atoms with E-state index >= 15 is 0 Å². The number of benzene rings is 2. The number of thiophene rings is 1. The molecule has 1 N–H and O–H groups in total. The first-order valence-electron chi connectivity index (χ1n) is 10.5. The van der Waals surface area contributed by atoms with Gasteiger partial charge < -0.3 is 19.5 Å². The molecule has 0 unspecified atom stereocenters. The van der Waals surface area contributed by atoms with Gasteiger partial charge in [0.15, 0.2) is 11.5 Å². The minimum atomic E-state index is -0.446. The van der Waals surface area contributed by atoms with E-state index in [2.05, 4.69) is 5.32 Å². The molecule has 0 saturated carbocycles. The van der Waals surface area contributed by atoms with Crippen LogP contribution in [-0.4, -0.2) is 51.2 Å². The summed E-state index contributed by atoms with van der Waals surface area (Å²) in [5.41, 5.74) is 2.41. The first-order chi connectivity index (χ1) is 15.9. The Morgan fingerprint density at radius 1 is 1.00 bits per heavy atom. The van der Waals surface area contributed by atoms with E-state index < -0.39 is 5.97 Å². The lowest BCUT2D eigenvalue weighted by atomic mass is 10.2. The molecule has 1 amide bonds. The molecule has 3 rings (SSSR count). The van der Waals surface area contributed by atoms with Crippen LogP contribution >= 0.6 is 11.3 Å². The molecule has 0 aliphatic carbocycles. The van der Waals surface area contributed by atoms with Gasteiger partial charge in [0.25, 0.3) is 0 Å². The molecule has 7 nitrogen and oxygen atoms in total. The fourth-order valence-corrected chi connectivity index (χ4v) is 4.37. The van der Waals surface area contributed by atoms with Crippen molar-refractivity contribution in [3.8, 4) is 21.9 Å². The number of likely N-dealkylation sites (N-methyl/N-ethyl adjacent to an activating group) is 1. The molecule has 0 aliphatic rings. The Hall–Kier alpha value is -3.36. The predicted molar refractivity (Wildman–Crippen MR) is 130 cm³/mol. The number of nitrogens with one attached hydrogen (secondary N) is 1. The lowest BCUT2D eigenvalue weighted by Gasteiger charge is -2.17. The predicted octanol–water partition coefficient (Wildman–Crippen LogP) is 4.68. The first kappa shape index (κ1) is 24.3. The smallest absolute Gasteiger partial charge is 0.350 e. The average Bonchev–Trinajstić information content (AvgIpc) is 3.23. The van der Waals surface area contributed by atoms with Gasteiger partial charge in [0.2, 0.25) is 5.91 Å². The number of amides is 1. The second kappa shape index (κ2) is 11.5. The van der Waals surface area contributed by atoms with Crippen molar-refractivity contribution in [2.24, 2.45) is 0 Å². The highest BCUT2D eigenvalue weighted by Gasteiger charge is 2.20. The largest absolute Gasteiger partial charge is 0.493 e. The zero-order valence-electron chi connectivity index (χ0n) is 19.2. The molecule has 0 spiro atoms. The number of esters is 1. The average molecular weight is 469 g/mol. The summed E-state index contributed by atoms with van der Waals surface area (Å²) in [5, 5.41) is 2.88. The third kappa shape index (κ3) is 6.34. The van der Waals surface area contributed by atoms with Gasteiger partial charge in [-0.25, -0.2) is 4.79 Å². The van der Waals surface area contributed by atoms with Gasteiger partial charge in [-0.05, 0) is 43.3 Å². The van der Waals surface area contributed by atoms with Gasteiger partial charge in [-0.1, -0.05) is 36.4 Å². The second-order valence-corrected chi connectivity index (χ2v) is 8.40. The Balaban J connectivity index is 1.71. The Morgan fingerprint density at radius 2 is 1.73 bits per heavy atom. The summed E-state index contributed by atoms with van der Waals surface area (Å²) in [5.74, 6) is 0.623. The van der Waals surface area contributed by atoms with Gasteiger partial charge in [-0.15, -0.1) is 11.3 Å². The molecule has 1 aromatic heterocycles. The molecule has 0 fully saturated rings. The molecule has 3 aromatic rings. The minimum Gasteiger partial charge on any atom is -0.493 e. The standard InChI is InChI=1S/C25H28N2O5S/c1-5-32-25(29)24-19(14-22(33-24)18-9-7-6-8-10-18)26-23(28)16-27(2)15-17-11-12-20(30-3)21(13-17)31-4/h6-14H,5,15-16H2,1-4H3,(H,26,28). The van der Waals surface area contributed by atoms with E-state index in [0.29, 0.717) is 28.6 Å². The fourth-order valence-electron chi connectivity index (χ4n) is 3.36. The van der Waals surface area contributed by atoms with E-state index in [-0.39, 0.29) is 19.1 Å². The molecular formula is C25H28N2O5S. The first-order valence-corrected chi connectivity index (χ1v) is 11.3. The SMILES string of the molecule is CCOC(=O)c1sc(-c2ccccc2)cc1NC(=O)CN(C)Cc1ccc(OC)c(OC)c1. The summed E-state index contributed by atoms with van der Waals surface area (Å²) in [6.45, 7) is 2.70. The van der Waals surface area contributed by atoms with Crippen molar-refractivity contribution >= 4 is 28.9 Å². The number of rotatable bonds is 10. The normalized spacial score (nSPS) is 10.7. The van der Waals surface area contributed by atoms with Crippen LogP contribution in [0.15, 0.2) is 54.6 Å². The number of carbonyl (C=O) groups excluding carboxylic acids is 2. The summed E-state index contributed by atoms with van der Waals surface area (Å²) in [6.07, 6.45) is 0. The maximum atomic E-state index is 12.8. The van der Waals surface area contributed by atoms with Gasteiger partial charge in [-0.2, -0.15) is 0 Å². The number of nitrogens with zero attached hydrogens (tertiary/aromatic N) is 1. The molecule has 2 aromatic carbocycles. The number of ether oxygens (including phenoxy) is 3. The van der Waals surface area contributed by atoms with Gasteiger partial charge in [-0.3, -0.25) is 9.69 Å². The topological polar surface area (TPSA) is 77.1 Å². The highest BCUT2D eigenvalue weighted by molar-refractivity contribution is 7.18. The Labute approximate surface area is 197 Å². The van der Waals surface area contributed by atoms with Crippen molar-refractivity contribution in [3.05, 3.63) is 65.0 Å². The number of carbonyl (C=O) groups is 2. The van der Waals surface area contributed by atoms with E-state index in [1.54, 1.807) is 21.1 Å². The van der Waals surface area contributed by atoms with Crippen molar-refractivity contribution in [1.82, 2.24) is 4.90 Å². The van der Waals surface area contributed by atoms with E-state index in [1.807, 2.05) is 66.5 Å². The van der Waals surface area contributed by atoms with Crippen LogP contribution in [0.3, 0.4) is 0 Å². The molecule has 0 radical (unpaired) electrons. The number of hydrogen-bond donors (Lipinski definition) is 1. The van der Waals surface area contributed by atoms with E-state index in [1.165, 1.54) is 11.3 Å². The number of methoxy groups -OCH3 is 2. The summed E-state index contributed by atoms with van der Waals surface area (Å²) >= 11 is 1.30. The van der Waals surface area contributed by atoms with Gasteiger partial charge >= 0.3 is 5.97 Å². The van der Waals surface area contributed by atoms with Crippen LogP contribution in [0.2, 0.25) is 0 Å². The van der Waals surface area contributed by atoms with Crippen LogP contribution in [0.25, 0.3) is 10.4 Å². The highest BCUT2D eigenvalue weighted by Crippen LogP contribution is 2.35. The second-order valence-electron chi connectivity index (χ2n) is 7.35. The Kier molecular flexibility index (Phi) is 8.46. The molecule has 0 saturated heterocycles. The molecule has 174 valence electrons. The van der Waals surface area contributed by atoms with Crippen molar-refractivity contribution < 1.29 is 23.8 Å². The molecular weight excluding hydrogens is 440 g/mol. The summed E-state index contributed by atoms with van der Waals surface area (Å²) in [7, 11) is 5.03. The van der Waals surface area contributed by atoms with Crippen LogP contribution < -0.4 is 14.8 Å². The molecule has 8 heteroatoms. The monoisotopic (exact) mass is 468 g/mol. The van der Waals surface area contributed by atoms with Crippen molar-refractivity contribution in [1.29, 1.82) is 0 Å². The van der Waals surface area contributed by atoms with Crippen molar-refractivity contribution in [3.63, 3.8) is 0 Å². The van der Waals surface area contributed by atoms with Crippen LogP contribution in [0.1, 0.15) is 22.2 Å². The minimum absolute atomic E-state index is 0.146. The molecule has 0 atom stereocenters. The number of anilines is 1. The van der Waals surface area contributed by atoms with Crippen LogP contribution in [-0.2, 0) is 16.1 Å². The molecule has 0 bridgehead atoms. The lowest BCUT2D eigenvalue weighted by molar-refractivity contribution is -0.117. The van der Waals surface area contributed by atoms with E-state index in [9.17, 15) is 9.59 Å². The van der Waals surface area contributed by atoms with E-state index in [4.69, 9.17) is 14.2 Å². The third-order valence-corrected chi connectivity index (χ3v) is 6.00. The third-order valence-electron chi connectivity index (χ3n) is 4.84. The quantitative estimate of drug-likeness (QED) is 0.436. The van der Waals surface area contributed by atoms with Crippen LogP contribution in [0.5, 0.6) is 11.5 Å². The van der Waals surface area contributed by atoms with Crippen molar-refractivity contribution in [2.75, 3.05) is 39.7 Å². The highest BCUT2D eigenvalue weighted by atomic mass is 32.1. The fraction of sp³-hybridized carbons (Fsp3) is 0.280. The van der Waals surface area contributed by atoms with Crippen molar-refractivity contribution in [2.45, 2.75) is 13.5 Å². The Morgan fingerprint density at radius 3 is 2.39 bits per heavy atom. The summed E-state index contributed by atoms with van der Waals surface area (Å²) < 4.78 is 15.8. The van der Waals surface area contributed by atoms with E-state index in [0.717, 1.165) is 16.0 Å². The van der Waals surface area contributed by atoms with Gasteiger partial charge in [0.05, 0.1) is 33.1 Å². The zero-order valence-corrected chi connectivity index (χ0v) is 20.0. The lowest BCUT2D eigenvalue weighted by Crippen LogP contribution is -2.30. The maximum Gasteiger partial charge on any atom is 0.350 e. The Bertz CT molecular complexity index is 1100. The molecule has 33 heavy (non-hydrogen) atoms. The number of hydrogen-bond acceptors (Lipinski definition) is 7. The van der Waals surface area contributed by atoms with Crippen LogP contribution in [0, 0.1) is 0 Å². The summed E-state index contributed by atoms with van der Waals surface area (Å²) in [6, 6.07) is 17.2. The van der Waals surface area contributed by atoms with Gasteiger partial charge in [0, 0.05) is 11.4 Å². The summed E-state index contributed by atoms with van der Waals surface area (Å²) in [4.78, 5) is 28.4. The zero-order chi connectivity index (χ0) is 23.8.